The number of likely N-dealkylation sites (N-methyl/N-ethyl adjacent to an activating group) is 1. The number of hydrogen-bond acceptors (Lipinski definition) is 7. The molecule has 41 heavy (non-hydrogen) atoms. The van der Waals surface area contributed by atoms with Crippen LogP contribution in [0.15, 0.2) is 66.7 Å². The minimum Gasteiger partial charge on any atom is -0.496 e. The molecule has 9 nitrogen and oxygen atoms in total. The van der Waals surface area contributed by atoms with Crippen molar-refractivity contribution in [1.29, 1.82) is 0 Å². The number of aryl methyl sites for hydroxylation is 1. The van der Waals surface area contributed by atoms with Gasteiger partial charge in [-0.25, -0.2) is 0 Å². The third-order valence-corrected chi connectivity index (χ3v) is 7.70. The second-order valence-corrected chi connectivity index (χ2v) is 11.0. The Morgan fingerprint density at radius 3 is 2.39 bits per heavy atom. The van der Waals surface area contributed by atoms with E-state index in [1.807, 2.05) is 81.7 Å². The molecule has 1 saturated carbocycles. The maximum atomic E-state index is 13.0. The van der Waals surface area contributed by atoms with Crippen LogP contribution in [0, 0.1) is 23.0 Å². The average Bonchev–Trinajstić information content (AvgIpc) is 2.96. The zero-order valence-corrected chi connectivity index (χ0v) is 24.4. The van der Waals surface area contributed by atoms with Crippen LogP contribution in [0.4, 0.5) is 22.7 Å². The Morgan fingerprint density at radius 2 is 1.73 bits per heavy atom. The molecule has 0 aliphatic heterocycles. The third kappa shape index (κ3) is 7.98. The lowest BCUT2D eigenvalue weighted by Gasteiger charge is -2.30. The van der Waals surface area contributed by atoms with Crippen molar-refractivity contribution in [3.05, 3.63) is 88.0 Å². The van der Waals surface area contributed by atoms with Crippen LogP contribution in [0.3, 0.4) is 0 Å². The molecular weight excluding hydrogens is 518 g/mol. The van der Waals surface area contributed by atoms with Crippen molar-refractivity contribution in [3.63, 3.8) is 0 Å². The van der Waals surface area contributed by atoms with E-state index < -0.39 is 0 Å². The summed E-state index contributed by atoms with van der Waals surface area (Å²) in [6.07, 6.45) is 2.93. The maximum Gasteiger partial charge on any atom is 0.315 e. The first-order valence-electron chi connectivity index (χ1n) is 14.2. The van der Waals surface area contributed by atoms with Crippen molar-refractivity contribution in [2.75, 3.05) is 49.8 Å². The SMILES string of the molecule is COc1cc(NC(=O)C2CCC(Nc3cccc(N(CCN(C)C)Cc4ccccc4)c3[N+](=O)[O-])CC2)ccc1C. The fourth-order valence-corrected chi connectivity index (χ4v) is 5.37. The Morgan fingerprint density at radius 1 is 1.00 bits per heavy atom. The van der Waals surface area contributed by atoms with Crippen LogP contribution < -0.4 is 20.3 Å². The van der Waals surface area contributed by atoms with Gasteiger partial charge >= 0.3 is 5.69 Å². The Bertz CT molecular complexity index is 1320. The molecule has 0 atom stereocenters. The molecule has 0 spiro atoms. The van der Waals surface area contributed by atoms with Crippen LogP contribution in [0.1, 0.15) is 36.8 Å². The van der Waals surface area contributed by atoms with E-state index in [4.69, 9.17) is 4.74 Å². The topological polar surface area (TPSA) is 100.0 Å². The van der Waals surface area contributed by atoms with Gasteiger partial charge in [0.15, 0.2) is 0 Å². The fourth-order valence-electron chi connectivity index (χ4n) is 5.37. The number of para-hydroxylation sites is 1. The van der Waals surface area contributed by atoms with Crippen molar-refractivity contribution >= 4 is 28.7 Å². The van der Waals surface area contributed by atoms with Gasteiger partial charge < -0.3 is 25.2 Å². The number of ether oxygens (including phenoxy) is 1. The van der Waals surface area contributed by atoms with Crippen LogP contribution in [-0.2, 0) is 11.3 Å². The molecule has 3 aromatic carbocycles. The van der Waals surface area contributed by atoms with Crippen molar-refractivity contribution < 1.29 is 14.5 Å². The summed E-state index contributed by atoms with van der Waals surface area (Å²) in [6, 6.07) is 21.2. The predicted octanol–water partition coefficient (Wildman–Crippen LogP) is 6.09. The molecule has 0 radical (unpaired) electrons. The van der Waals surface area contributed by atoms with Crippen molar-refractivity contribution in [1.82, 2.24) is 4.90 Å². The van der Waals surface area contributed by atoms with Crippen molar-refractivity contribution in [3.8, 4) is 5.75 Å². The number of nitro benzene ring substituents is 1. The molecule has 2 N–H and O–H groups in total. The molecule has 4 rings (SSSR count). The lowest BCUT2D eigenvalue weighted by Crippen LogP contribution is -2.33. The third-order valence-electron chi connectivity index (χ3n) is 7.70. The van der Waals surface area contributed by atoms with Crippen molar-refractivity contribution in [2.24, 2.45) is 5.92 Å². The summed E-state index contributed by atoms with van der Waals surface area (Å²) in [4.78, 5) is 29.3. The number of hydrogen-bond donors (Lipinski definition) is 2. The summed E-state index contributed by atoms with van der Waals surface area (Å²) in [5, 5.41) is 18.9. The number of carbonyl (C=O) groups is 1. The number of nitrogens with zero attached hydrogens (tertiary/aromatic N) is 3. The highest BCUT2D eigenvalue weighted by Gasteiger charge is 2.30. The van der Waals surface area contributed by atoms with Crippen molar-refractivity contribution in [2.45, 2.75) is 45.2 Å². The average molecular weight is 560 g/mol. The van der Waals surface area contributed by atoms with Crippen LogP contribution >= 0.6 is 0 Å². The molecule has 1 fully saturated rings. The number of nitro groups is 1. The van der Waals surface area contributed by atoms with Crippen LogP contribution in [0.5, 0.6) is 5.75 Å². The van der Waals surface area contributed by atoms with E-state index in [2.05, 4.69) is 20.4 Å². The predicted molar refractivity (Wildman–Crippen MR) is 165 cm³/mol. The van der Waals surface area contributed by atoms with Crippen LogP contribution in [0.2, 0.25) is 0 Å². The molecule has 218 valence electrons. The van der Waals surface area contributed by atoms with Gasteiger partial charge in [0.05, 0.1) is 12.0 Å². The number of anilines is 3. The first-order chi connectivity index (χ1) is 19.7. The molecule has 3 aromatic rings. The Balaban J connectivity index is 1.45. The number of methoxy groups -OCH3 is 1. The van der Waals surface area contributed by atoms with Gasteiger partial charge in [-0.2, -0.15) is 0 Å². The molecule has 0 saturated heterocycles. The summed E-state index contributed by atoms with van der Waals surface area (Å²) in [6.45, 7) is 3.96. The summed E-state index contributed by atoms with van der Waals surface area (Å²) in [5.74, 6) is 0.637. The fraction of sp³-hybridized carbons (Fsp3) is 0.406. The minimum absolute atomic E-state index is 0.000204. The van der Waals surface area contributed by atoms with Gasteiger partial charge in [-0.05, 0) is 76.0 Å². The molecule has 1 amide bonds. The molecule has 0 unspecified atom stereocenters. The maximum absolute atomic E-state index is 13.0. The van der Waals surface area contributed by atoms with E-state index in [9.17, 15) is 14.9 Å². The Kier molecular flexibility index (Phi) is 10.2. The van der Waals surface area contributed by atoms with Gasteiger partial charge in [-0.1, -0.05) is 42.5 Å². The lowest BCUT2D eigenvalue weighted by atomic mass is 9.85. The zero-order chi connectivity index (χ0) is 29.4. The number of carbonyl (C=O) groups excluding carboxylic acids is 1. The second kappa shape index (κ2) is 14.0. The molecule has 1 aliphatic carbocycles. The highest BCUT2D eigenvalue weighted by atomic mass is 16.6. The largest absolute Gasteiger partial charge is 0.496 e. The smallest absolute Gasteiger partial charge is 0.315 e. The summed E-state index contributed by atoms with van der Waals surface area (Å²) < 4.78 is 5.37. The van der Waals surface area contributed by atoms with Crippen LogP contribution in [0.25, 0.3) is 0 Å². The van der Waals surface area contributed by atoms with Gasteiger partial charge in [0, 0.05) is 43.3 Å². The number of benzene rings is 3. The van der Waals surface area contributed by atoms with Gasteiger partial charge in [0.25, 0.3) is 0 Å². The first-order valence-corrected chi connectivity index (χ1v) is 14.2. The monoisotopic (exact) mass is 559 g/mol. The first kappa shape index (κ1) is 29.9. The number of nitrogens with one attached hydrogen (secondary N) is 2. The molecule has 0 bridgehead atoms. The zero-order valence-electron chi connectivity index (χ0n) is 24.4. The second-order valence-electron chi connectivity index (χ2n) is 11.0. The van der Waals surface area contributed by atoms with Crippen LogP contribution in [-0.4, -0.2) is 56.1 Å². The standard InChI is InChI=1S/C32H41N5O4/c1-23-13-16-27(21-30(23)41-4)34-32(38)25-14-17-26(18-15-25)33-28-11-8-12-29(31(28)37(39)40)36(20-19-35(2)3)22-24-9-6-5-7-10-24/h5-13,16,21,25-26,33H,14-15,17-20,22H2,1-4H3,(H,34,38). The van der Waals surface area contributed by atoms with E-state index in [0.717, 1.165) is 42.0 Å². The minimum atomic E-state index is -0.278. The summed E-state index contributed by atoms with van der Waals surface area (Å²) in [5.41, 5.74) is 4.05. The molecular formula is C32H41N5O4. The molecule has 0 heterocycles. The van der Waals surface area contributed by atoms with E-state index >= 15 is 0 Å². The highest BCUT2D eigenvalue weighted by Crippen LogP contribution is 2.38. The van der Waals surface area contributed by atoms with E-state index in [1.54, 1.807) is 13.2 Å². The number of rotatable bonds is 12. The lowest BCUT2D eigenvalue weighted by molar-refractivity contribution is -0.383. The van der Waals surface area contributed by atoms with E-state index in [0.29, 0.717) is 37.3 Å². The quantitative estimate of drug-likeness (QED) is 0.205. The Hall–Kier alpha value is -4.11. The molecule has 0 aromatic heterocycles. The highest BCUT2D eigenvalue weighted by molar-refractivity contribution is 5.92. The molecule has 9 heteroatoms. The van der Waals surface area contributed by atoms with Gasteiger partial charge in [-0.15, -0.1) is 0 Å². The van der Waals surface area contributed by atoms with E-state index in [-0.39, 0.29) is 28.5 Å². The van der Waals surface area contributed by atoms with E-state index in [1.165, 1.54) is 0 Å². The van der Waals surface area contributed by atoms with Gasteiger partial charge in [0.1, 0.15) is 17.1 Å². The number of amides is 1. The normalized spacial score (nSPS) is 16.7. The van der Waals surface area contributed by atoms with Gasteiger partial charge in [0.2, 0.25) is 5.91 Å². The molecule has 1 aliphatic rings. The summed E-state index contributed by atoms with van der Waals surface area (Å²) >= 11 is 0. The summed E-state index contributed by atoms with van der Waals surface area (Å²) in [7, 11) is 5.62. The Labute approximate surface area is 242 Å². The van der Waals surface area contributed by atoms with Gasteiger partial charge in [-0.3, -0.25) is 14.9 Å².